The fourth-order valence-corrected chi connectivity index (χ4v) is 0. The van der Waals surface area contributed by atoms with Gasteiger partial charge in [-0.25, -0.2) is 0 Å². The summed E-state index contributed by atoms with van der Waals surface area (Å²) in [5.41, 5.74) is 0. The van der Waals surface area contributed by atoms with Crippen LogP contribution in [-0.4, -0.2) is 5.83 Å². The third-order valence-electron chi connectivity index (χ3n) is 0. The van der Waals surface area contributed by atoms with Crippen LogP contribution in [0.1, 0.15) is 41.5 Å². The van der Waals surface area contributed by atoms with Crippen molar-refractivity contribution in [3.05, 3.63) is 0 Å². The van der Waals surface area contributed by atoms with Crippen molar-refractivity contribution in [3.63, 3.8) is 0 Å². The van der Waals surface area contributed by atoms with Crippen LogP contribution in [0.15, 0.2) is 0 Å². The minimum absolute atomic E-state index is 1.81. The molecule has 0 aromatic heterocycles. The predicted octanol–water partition coefficient (Wildman–Crippen LogP) is 4.09. The van der Waals surface area contributed by atoms with Gasteiger partial charge in [0.25, 0.3) is 0 Å². The fourth-order valence-electron chi connectivity index (χ4n) is 0. The fraction of sp³-hybridized carbons (Fsp3) is 1.00. The van der Waals surface area contributed by atoms with Gasteiger partial charge in [-0.1, -0.05) is 57.5 Å². The Morgan fingerprint density at radius 3 is 0.500 bits per heavy atom. The monoisotopic (exact) mass is 184 g/mol. The first kappa shape index (κ1) is 23.6. The summed E-state index contributed by atoms with van der Waals surface area (Å²) in [5.74, 6) is 1.81. The van der Waals surface area contributed by atoms with Gasteiger partial charge >= 0.3 is 0 Å². The molecule has 0 aliphatic heterocycles. The van der Waals surface area contributed by atoms with Crippen LogP contribution in [0.5, 0.6) is 0 Å². The van der Waals surface area contributed by atoms with E-state index in [1.807, 2.05) is 47.4 Å². The number of rotatable bonds is 0. The number of hydrogen-bond donors (Lipinski definition) is 0. The van der Waals surface area contributed by atoms with Gasteiger partial charge < -0.3 is 0 Å². The maximum atomic E-state index is 2.94. The van der Waals surface area contributed by atoms with Gasteiger partial charge in [0.1, 0.15) is 0 Å². The van der Waals surface area contributed by atoms with E-state index in [4.69, 9.17) is 0 Å². The summed E-state index contributed by atoms with van der Waals surface area (Å²) in [7, 11) is 0. The van der Waals surface area contributed by atoms with Gasteiger partial charge in [-0.15, -0.1) is 0 Å². The molecule has 0 aromatic carbocycles. The minimum Gasteiger partial charge on any atom is -0.0966 e. The molecular weight excluding hydrogens is 164 g/mol. The summed E-state index contributed by atoms with van der Waals surface area (Å²) in [6.07, 6.45) is 0. The van der Waals surface area contributed by atoms with Crippen LogP contribution in [-0.2, 0) is 0 Å². The van der Waals surface area contributed by atoms with Crippen molar-refractivity contribution >= 4 is 15.9 Å². The smallest absolute Gasteiger partial charge is 0.00848 e. The molecule has 56 valence electrons. The predicted molar refractivity (Wildman–Crippen MR) is 48.9 cm³/mol. The Hall–Kier alpha value is 0.480. The molecule has 0 aromatic rings. The largest absolute Gasteiger partial charge is 0.0966 e. The molecule has 0 bridgehead atoms. The molecule has 0 heterocycles. The number of alkyl halides is 1. The highest BCUT2D eigenvalue weighted by molar-refractivity contribution is 9.08. The second-order valence-corrected chi connectivity index (χ2v) is 0. The standard InChI is InChI=1S/3C2H6.CH3Br/c4*1-2/h3*1-2H3;1H3. The van der Waals surface area contributed by atoms with Crippen molar-refractivity contribution < 1.29 is 0 Å². The van der Waals surface area contributed by atoms with Gasteiger partial charge in [0.15, 0.2) is 0 Å². The molecule has 0 rings (SSSR count). The summed E-state index contributed by atoms with van der Waals surface area (Å²) in [5, 5.41) is 0. The first-order valence-corrected chi connectivity index (χ1v) is 4.96. The third kappa shape index (κ3) is 845. The SMILES string of the molecule is CBr.CC.CC.CC. The molecule has 0 fully saturated rings. The third-order valence-corrected chi connectivity index (χ3v) is 0. The van der Waals surface area contributed by atoms with E-state index in [0.717, 1.165) is 0 Å². The lowest BCUT2D eigenvalue weighted by atomic mass is 11.0. The van der Waals surface area contributed by atoms with Crippen LogP contribution in [0.4, 0.5) is 0 Å². The summed E-state index contributed by atoms with van der Waals surface area (Å²) < 4.78 is 0. The first-order chi connectivity index (χ1) is 4.00. The molecule has 0 nitrogen and oxygen atoms in total. The lowest BCUT2D eigenvalue weighted by Crippen LogP contribution is -0.856. The van der Waals surface area contributed by atoms with E-state index < -0.39 is 0 Å². The average Bonchev–Trinajstić information content (AvgIpc) is 2.03. The summed E-state index contributed by atoms with van der Waals surface area (Å²) in [6.45, 7) is 12.0. The van der Waals surface area contributed by atoms with Crippen molar-refractivity contribution in [2.75, 3.05) is 5.83 Å². The van der Waals surface area contributed by atoms with E-state index in [2.05, 4.69) is 15.9 Å². The summed E-state index contributed by atoms with van der Waals surface area (Å²) >= 11 is 2.94. The van der Waals surface area contributed by atoms with Gasteiger partial charge in [-0.3, -0.25) is 0 Å². The Balaban J connectivity index is -0.0000000133. The Kier molecular flexibility index (Phi) is 4030. The number of hydrogen-bond acceptors (Lipinski definition) is 0. The Morgan fingerprint density at radius 2 is 0.500 bits per heavy atom. The Bertz CT molecular complexity index is 4.35. The van der Waals surface area contributed by atoms with E-state index in [9.17, 15) is 0 Å². The molecule has 0 aliphatic rings. The van der Waals surface area contributed by atoms with Gasteiger partial charge in [0.2, 0.25) is 0 Å². The van der Waals surface area contributed by atoms with Crippen molar-refractivity contribution in [1.82, 2.24) is 0 Å². The van der Waals surface area contributed by atoms with Crippen molar-refractivity contribution in [2.45, 2.75) is 41.5 Å². The molecule has 0 saturated carbocycles. The highest BCUT2D eigenvalue weighted by Gasteiger charge is 0.949. The van der Waals surface area contributed by atoms with E-state index in [1.165, 1.54) is 0 Å². The zero-order valence-corrected chi connectivity index (χ0v) is 8.96. The van der Waals surface area contributed by atoms with Crippen LogP contribution < -0.4 is 0 Å². The summed E-state index contributed by atoms with van der Waals surface area (Å²) in [6, 6.07) is 0. The second kappa shape index (κ2) is 1360. The van der Waals surface area contributed by atoms with Gasteiger partial charge in [0.05, 0.1) is 0 Å². The van der Waals surface area contributed by atoms with Crippen LogP contribution in [0, 0.1) is 0 Å². The highest BCUT2D eigenvalue weighted by Crippen LogP contribution is 1.45. The van der Waals surface area contributed by atoms with Gasteiger partial charge in [-0.2, -0.15) is 0 Å². The molecule has 0 aliphatic carbocycles. The van der Waals surface area contributed by atoms with Crippen LogP contribution in [0.25, 0.3) is 0 Å². The van der Waals surface area contributed by atoms with Crippen LogP contribution in [0.2, 0.25) is 0 Å². The second-order valence-electron chi connectivity index (χ2n) is 0. The quantitative estimate of drug-likeness (QED) is 0.498. The Morgan fingerprint density at radius 1 is 0.500 bits per heavy atom. The van der Waals surface area contributed by atoms with E-state index in [-0.39, 0.29) is 0 Å². The molecule has 0 amide bonds. The van der Waals surface area contributed by atoms with E-state index in [0.29, 0.717) is 0 Å². The molecule has 8 heavy (non-hydrogen) atoms. The van der Waals surface area contributed by atoms with Gasteiger partial charge in [-0.05, 0) is 5.83 Å². The molecular formula is C7H21Br. The van der Waals surface area contributed by atoms with Crippen LogP contribution in [0.3, 0.4) is 0 Å². The van der Waals surface area contributed by atoms with Crippen molar-refractivity contribution in [2.24, 2.45) is 0 Å². The minimum atomic E-state index is 1.81. The molecule has 0 atom stereocenters. The zero-order valence-electron chi connectivity index (χ0n) is 7.38. The number of halogens is 1. The molecule has 0 unspecified atom stereocenters. The molecule has 0 saturated heterocycles. The lowest BCUT2D eigenvalue weighted by molar-refractivity contribution is 1.50. The maximum Gasteiger partial charge on any atom is -0.00848 e. The molecule has 1 heteroatoms. The van der Waals surface area contributed by atoms with Crippen molar-refractivity contribution in [1.29, 1.82) is 0 Å². The van der Waals surface area contributed by atoms with Crippen LogP contribution >= 0.6 is 15.9 Å². The van der Waals surface area contributed by atoms with Crippen molar-refractivity contribution in [3.8, 4) is 0 Å². The average molecular weight is 185 g/mol. The van der Waals surface area contributed by atoms with E-state index >= 15 is 0 Å². The molecule has 0 spiro atoms. The zero-order chi connectivity index (χ0) is 8.00. The highest BCUT2D eigenvalue weighted by atomic mass is 79.9. The summed E-state index contributed by atoms with van der Waals surface area (Å²) in [4.78, 5) is 0. The maximum absolute atomic E-state index is 2.94. The normalized spacial score (nSPS) is 3.00. The Labute approximate surface area is 63.8 Å². The topological polar surface area (TPSA) is 0 Å². The molecule has 0 N–H and O–H groups in total. The van der Waals surface area contributed by atoms with E-state index in [1.54, 1.807) is 0 Å². The molecule has 0 radical (unpaired) electrons. The van der Waals surface area contributed by atoms with Gasteiger partial charge in [0, 0.05) is 0 Å². The lowest BCUT2D eigenvalue weighted by Gasteiger charge is -1.07. The first-order valence-electron chi connectivity index (χ1n) is 3.38.